The lowest BCUT2D eigenvalue weighted by Gasteiger charge is -2.42. The smallest absolute Gasteiger partial charge is 0.274 e. The SMILES string of the molecule is O=C(N[C@@H]1CCC[C@@H](N2CCOCC2)[C@@H]1O)c1noc2c1CCCC2. The molecule has 1 amide bonds. The second kappa shape index (κ2) is 7.43. The van der Waals surface area contributed by atoms with Gasteiger partial charge in [-0.05, 0) is 38.5 Å². The van der Waals surface area contributed by atoms with Crippen LogP contribution < -0.4 is 5.32 Å². The van der Waals surface area contributed by atoms with Crippen molar-refractivity contribution in [1.82, 2.24) is 15.4 Å². The molecule has 3 atom stereocenters. The predicted molar refractivity (Wildman–Crippen MR) is 90.4 cm³/mol. The zero-order valence-corrected chi connectivity index (χ0v) is 14.6. The molecule has 2 heterocycles. The van der Waals surface area contributed by atoms with Crippen LogP contribution in [-0.4, -0.2) is 65.6 Å². The molecular formula is C18H27N3O4. The van der Waals surface area contributed by atoms with E-state index < -0.39 is 6.10 Å². The standard InChI is InChI=1S/C18H27N3O4/c22-17-13(5-3-6-14(17)21-8-10-24-11-9-21)19-18(23)16-12-4-1-2-7-15(12)25-20-16/h13-14,17,22H,1-11H2,(H,19,23)/t13-,14-,17-/m1/s1. The first kappa shape index (κ1) is 17.0. The van der Waals surface area contributed by atoms with Gasteiger partial charge in [0.25, 0.3) is 5.91 Å². The van der Waals surface area contributed by atoms with Crippen molar-refractivity contribution in [2.75, 3.05) is 26.3 Å². The van der Waals surface area contributed by atoms with Crippen LogP contribution in [0.2, 0.25) is 0 Å². The van der Waals surface area contributed by atoms with Gasteiger partial charge >= 0.3 is 0 Å². The summed E-state index contributed by atoms with van der Waals surface area (Å²) in [7, 11) is 0. The highest BCUT2D eigenvalue weighted by molar-refractivity contribution is 5.94. The number of amides is 1. The monoisotopic (exact) mass is 349 g/mol. The topological polar surface area (TPSA) is 87.8 Å². The zero-order chi connectivity index (χ0) is 17.2. The number of carbonyl (C=O) groups excluding carboxylic acids is 1. The Balaban J connectivity index is 1.42. The fraction of sp³-hybridized carbons (Fsp3) is 0.778. The number of nitrogens with one attached hydrogen (secondary N) is 1. The Morgan fingerprint density at radius 1 is 1.16 bits per heavy atom. The Labute approximate surface area is 147 Å². The molecule has 2 fully saturated rings. The van der Waals surface area contributed by atoms with Crippen molar-refractivity contribution in [2.45, 2.75) is 63.1 Å². The molecule has 7 nitrogen and oxygen atoms in total. The Hall–Kier alpha value is -1.44. The van der Waals surface area contributed by atoms with E-state index in [2.05, 4.69) is 15.4 Å². The van der Waals surface area contributed by atoms with Crippen molar-refractivity contribution in [1.29, 1.82) is 0 Å². The predicted octanol–water partition coefficient (Wildman–Crippen LogP) is 0.897. The summed E-state index contributed by atoms with van der Waals surface area (Å²) in [5.41, 5.74) is 1.37. The van der Waals surface area contributed by atoms with Crippen LogP contribution in [0.25, 0.3) is 0 Å². The molecule has 2 N–H and O–H groups in total. The molecule has 0 unspecified atom stereocenters. The van der Waals surface area contributed by atoms with Gasteiger partial charge in [-0.25, -0.2) is 0 Å². The normalized spacial score (nSPS) is 30.7. The molecule has 0 aromatic carbocycles. The summed E-state index contributed by atoms with van der Waals surface area (Å²) in [4.78, 5) is 15.0. The number of fused-ring (bicyclic) bond motifs is 1. The minimum absolute atomic E-state index is 0.0918. The summed E-state index contributed by atoms with van der Waals surface area (Å²) in [6.45, 7) is 3.12. The van der Waals surface area contributed by atoms with E-state index in [1.807, 2.05) is 0 Å². The molecule has 3 aliphatic rings. The summed E-state index contributed by atoms with van der Waals surface area (Å²) in [6, 6.07) is -0.140. The number of aryl methyl sites for hydroxylation is 1. The van der Waals surface area contributed by atoms with Gasteiger partial charge in [0.1, 0.15) is 5.76 Å². The number of aromatic nitrogens is 1. The highest BCUT2D eigenvalue weighted by Crippen LogP contribution is 2.27. The van der Waals surface area contributed by atoms with Crippen LogP contribution in [0.4, 0.5) is 0 Å². The van der Waals surface area contributed by atoms with Gasteiger partial charge in [-0.15, -0.1) is 0 Å². The van der Waals surface area contributed by atoms with Crippen LogP contribution in [0.5, 0.6) is 0 Å². The summed E-state index contributed by atoms with van der Waals surface area (Å²) < 4.78 is 10.8. The molecule has 0 spiro atoms. The average Bonchev–Trinajstić information content (AvgIpc) is 3.08. The van der Waals surface area contributed by atoms with Crippen molar-refractivity contribution >= 4 is 5.91 Å². The molecule has 1 saturated carbocycles. The summed E-state index contributed by atoms with van der Waals surface area (Å²) >= 11 is 0. The van der Waals surface area contributed by atoms with Crippen LogP contribution in [0.15, 0.2) is 4.52 Å². The third kappa shape index (κ3) is 3.45. The molecule has 1 saturated heterocycles. The van der Waals surface area contributed by atoms with Gasteiger partial charge in [-0.2, -0.15) is 0 Å². The Bertz CT molecular complexity index is 611. The first-order chi connectivity index (χ1) is 12.2. The maximum absolute atomic E-state index is 12.7. The summed E-state index contributed by atoms with van der Waals surface area (Å²) in [6.07, 6.45) is 6.08. The second-order valence-electron chi connectivity index (χ2n) is 7.36. The van der Waals surface area contributed by atoms with E-state index in [0.29, 0.717) is 18.9 Å². The number of aliphatic hydroxyl groups excluding tert-OH is 1. The highest BCUT2D eigenvalue weighted by Gasteiger charge is 2.37. The molecule has 7 heteroatoms. The van der Waals surface area contributed by atoms with Gasteiger partial charge in [-0.3, -0.25) is 9.69 Å². The van der Waals surface area contributed by atoms with Gasteiger partial charge in [-0.1, -0.05) is 5.16 Å². The van der Waals surface area contributed by atoms with Gasteiger partial charge < -0.3 is 19.7 Å². The molecule has 25 heavy (non-hydrogen) atoms. The van der Waals surface area contributed by atoms with E-state index in [9.17, 15) is 9.90 Å². The molecule has 0 bridgehead atoms. The Kier molecular flexibility index (Phi) is 5.05. The lowest BCUT2D eigenvalue weighted by Crippen LogP contribution is -2.58. The quantitative estimate of drug-likeness (QED) is 0.843. The minimum Gasteiger partial charge on any atom is -0.389 e. The van der Waals surface area contributed by atoms with Gasteiger partial charge in [0.2, 0.25) is 0 Å². The number of carbonyl (C=O) groups is 1. The second-order valence-corrected chi connectivity index (χ2v) is 7.36. The maximum Gasteiger partial charge on any atom is 0.274 e. The van der Waals surface area contributed by atoms with Crippen LogP contribution >= 0.6 is 0 Å². The molecule has 2 aliphatic carbocycles. The Morgan fingerprint density at radius 3 is 2.80 bits per heavy atom. The van der Waals surface area contributed by atoms with E-state index in [-0.39, 0.29) is 18.0 Å². The first-order valence-corrected chi connectivity index (χ1v) is 9.52. The van der Waals surface area contributed by atoms with Gasteiger partial charge in [0.15, 0.2) is 5.69 Å². The number of aliphatic hydroxyl groups is 1. The van der Waals surface area contributed by atoms with Crippen molar-refractivity contribution in [3.8, 4) is 0 Å². The molecule has 1 aromatic heterocycles. The molecule has 1 aliphatic heterocycles. The van der Waals surface area contributed by atoms with E-state index in [1.54, 1.807) is 0 Å². The molecule has 1 aromatic rings. The van der Waals surface area contributed by atoms with Crippen LogP contribution in [0.1, 0.15) is 53.9 Å². The number of hydrogen-bond donors (Lipinski definition) is 2. The number of hydrogen-bond acceptors (Lipinski definition) is 6. The maximum atomic E-state index is 12.7. The largest absolute Gasteiger partial charge is 0.389 e. The Morgan fingerprint density at radius 2 is 1.96 bits per heavy atom. The summed E-state index contributed by atoms with van der Waals surface area (Å²) in [5, 5.41) is 17.8. The summed E-state index contributed by atoms with van der Waals surface area (Å²) in [5.74, 6) is 0.644. The van der Waals surface area contributed by atoms with Crippen LogP contribution in [0, 0.1) is 0 Å². The highest BCUT2D eigenvalue weighted by atomic mass is 16.5. The van der Waals surface area contributed by atoms with Gasteiger partial charge in [0, 0.05) is 31.1 Å². The minimum atomic E-state index is -0.557. The number of nitrogens with zero attached hydrogens (tertiary/aromatic N) is 2. The fourth-order valence-electron chi connectivity index (χ4n) is 4.42. The third-order valence-corrected chi connectivity index (χ3v) is 5.82. The van der Waals surface area contributed by atoms with Crippen molar-refractivity contribution in [3.05, 3.63) is 17.0 Å². The fourth-order valence-corrected chi connectivity index (χ4v) is 4.42. The lowest BCUT2D eigenvalue weighted by atomic mass is 9.86. The molecule has 0 radical (unpaired) electrons. The van der Waals surface area contributed by atoms with E-state index >= 15 is 0 Å². The first-order valence-electron chi connectivity index (χ1n) is 9.52. The van der Waals surface area contributed by atoms with Crippen LogP contribution in [0.3, 0.4) is 0 Å². The lowest BCUT2D eigenvalue weighted by molar-refractivity contribution is -0.0460. The number of rotatable bonds is 3. The van der Waals surface area contributed by atoms with Gasteiger partial charge in [0.05, 0.1) is 25.4 Å². The van der Waals surface area contributed by atoms with Crippen molar-refractivity contribution in [3.63, 3.8) is 0 Å². The number of ether oxygens (including phenoxy) is 1. The van der Waals surface area contributed by atoms with E-state index in [0.717, 1.165) is 69.4 Å². The van der Waals surface area contributed by atoms with E-state index in [4.69, 9.17) is 9.26 Å². The third-order valence-electron chi connectivity index (χ3n) is 5.82. The molecular weight excluding hydrogens is 322 g/mol. The average molecular weight is 349 g/mol. The van der Waals surface area contributed by atoms with Crippen molar-refractivity contribution in [2.24, 2.45) is 0 Å². The number of morpholine rings is 1. The van der Waals surface area contributed by atoms with Crippen molar-refractivity contribution < 1.29 is 19.2 Å². The van der Waals surface area contributed by atoms with Crippen LogP contribution in [-0.2, 0) is 17.6 Å². The molecule has 138 valence electrons. The molecule has 4 rings (SSSR count). The van der Waals surface area contributed by atoms with E-state index in [1.165, 1.54) is 0 Å². The zero-order valence-electron chi connectivity index (χ0n) is 14.6.